The van der Waals surface area contributed by atoms with Crippen LogP contribution in [0.3, 0.4) is 0 Å². The molecule has 3 rings (SSSR count). The Hall–Kier alpha value is -2.25. The lowest BCUT2D eigenvalue weighted by molar-refractivity contribution is -0.162. The fourth-order valence-electron chi connectivity index (χ4n) is 5.43. The molecule has 0 radical (unpaired) electrons. The smallest absolute Gasteiger partial charge is 0.302 e. The van der Waals surface area contributed by atoms with Crippen LogP contribution in [0, 0.1) is 0 Å². The summed E-state index contributed by atoms with van der Waals surface area (Å²) in [6.45, 7) is 12.5. The Morgan fingerprint density at radius 1 is 1.08 bits per heavy atom. The fraction of sp³-hybridized carbons (Fsp3) is 0.500. The number of benzene rings is 2. The van der Waals surface area contributed by atoms with Crippen LogP contribution >= 0.6 is 0 Å². The van der Waals surface area contributed by atoms with Crippen LogP contribution in [0.4, 0.5) is 0 Å². The first-order chi connectivity index (χ1) is 17.2. The average molecular weight is 511 g/mol. The van der Waals surface area contributed by atoms with E-state index in [-0.39, 0.29) is 29.3 Å². The zero-order chi connectivity index (χ0) is 26.2. The number of hydrogen-bond donors (Lipinski definition) is 1. The Morgan fingerprint density at radius 2 is 1.64 bits per heavy atom. The summed E-state index contributed by atoms with van der Waals surface area (Å²) in [5.74, 6) is -0.283. The van der Waals surface area contributed by atoms with Gasteiger partial charge in [-0.05, 0) is 34.7 Å². The van der Waals surface area contributed by atoms with Crippen molar-refractivity contribution in [1.29, 1.82) is 0 Å². The number of hydrogen-bond acceptors (Lipinski definition) is 5. The molecule has 0 spiro atoms. The molecule has 1 fully saturated rings. The molecule has 0 unspecified atom stereocenters. The van der Waals surface area contributed by atoms with Gasteiger partial charge in [-0.15, -0.1) is 6.58 Å². The van der Waals surface area contributed by atoms with Crippen LogP contribution in [0.25, 0.3) is 0 Å². The summed E-state index contributed by atoms with van der Waals surface area (Å²) in [5.41, 5.74) is 0. The standard InChI is InChI=1S/C30H42O5Si/c1-6-13-24(32)20-26-22-27(34-23(2)31)21-25(35-26)18-19-33-36(30(3,4)5,28-14-9-7-10-15-28)29-16-11-8-12-17-29/h6-12,14-17,24-27,32H,1,13,18-22H2,2-5H3/t24-,25-,26-,27+/m0/s1. The van der Waals surface area contributed by atoms with E-state index in [1.165, 1.54) is 17.3 Å². The van der Waals surface area contributed by atoms with E-state index >= 15 is 0 Å². The third-order valence-electron chi connectivity index (χ3n) is 6.92. The SMILES string of the molecule is C=CC[C@H](O)C[C@H]1C[C@H](OC(C)=O)C[C@H](CCO[Si](c2ccccc2)(c2ccccc2)C(C)(C)C)O1. The van der Waals surface area contributed by atoms with Gasteiger partial charge in [0.2, 0.25) is 0 Å². The van der Waals surface area contributed by atoms with E-state index in [1.54, 1.807) is 6.08 Å². The Kier molecular flexibility index (Phi) is 10.1. The molecular formula is C30H42O5Si. The minimum absolute atomic E-state index is 0.0965. The Balaban J connectivity index is 1.80. The van der Waals surface area contributed by atoms with Crippen molar-refractivity contribution in [3.63, 3.8) is 0 Å². The first kappa shape index (κ1) is 28.3. The van der Waals surface area contributed by atoms with Gasteiger partial charge in [-0.1, -0.05) is 87.5 Å². The topological polar surface area (TPSA) is 65.0 Å². The molecule has 1 saturated heterocycles. The minimum Gasteiger partial charge on any atom is -0.462 e. The average Bonchev–Trinajstić information content (AvgIpc) is 2.82. The van der Waals surface area contributed by atoms with Crippen LogP contribution in [-0.4, -0.2) is 50.4 Å². The predicted octanol–water partition coefficient (Wildman–Crippen LogP) is 4.76. The van der Waals surface area contributed by atoms with Crippen molar-refractivity contribution < 1.29 is 23.8 Å². The highest BCUT2D eigenvalue weighted by Gasteiger charge is 2.50. The molecule has 1 aliphatic rings. The lowest BCUT2D eigenvalue weighted by Crippen LogP contribution is -2.66. The molecule has 2 aromatic carbocycles. The Morgan fingerprint density at radius 3 is 2.14 bits per heavy atom. The maximum absolute atomic E-state index is 11.7. The summed E-state index contributed by atoms with van der Waals surface area (Å²) < 4.78 is 19.0. The van der Waals surface area contributed by atoms with Crippen LogP contribution in [-0.2, 0) is 18.7 Å². The lowest BCUT2D eigenvalue weighted by Gasteiger charge is -2.43. The maximum Gasteiger partial charge on any atom is 0.302 e. The molecule has 0 saturated carbocycles. The highest BCUT2D eigenvalue weighted by atomic mass is 28.4. The molecule has 36 heavy (non-hydrogen) atoms. The van der Waals surface area contributed by atoms with Crippen molar-refractivity contribution >= 4 is 24.7 Å². The molecule has 0 amide bonds. The molecule has 5 nitrogen and oxygen atoms in total. The third kappa shape index (κ3) is 7.16. The number of rotatable bonds is 11. The second-order valence-electron chi connectivity index (χ2n) is 10.8. The van der Waals surface area contributed by atoms with Gasteiger partial charge in [0.25, 0.3) is 8.32 Å². The predicted molar refractivity (Wildman–Crippen MR) is 147 cm³/mol. The molecule has 6 heteroatoms. The number of esters is 1. The molecule has 4 atom stereocenters. The van der Waals surface area contributed by atoms with Crippen LogP contribution in [0.15, 0.2) is 73.3 Å². The van der Waals surface area contributed by atoms with Crippen LogP contribution < -0.4 is 10.4 Å². The van der Waals surface area contributed by atoms with Gasteiger partial charge in [0.05, 0.1) is 18.3 Å². The highest BCUT2D eigenvalue weighted by Crippen LogP contribution is 2.37. The zero-order valence-electron chi connectivity index (χ0n) is 22.2. The van der Waals surface area contributed by atoms with Gasteiger partial charge in [0.15, 0.2) is 0 Å². The Bertz CT molecular complexity index is 917. The largest absolute Gasteiger partial charge is 0.462 e. The van der Waals surface area contributed by atoms with Gasteiger partial charge in [-0.2, -0.15) is 0 Å². The van der Waals surface area contributed by atoms with Crippen molar-refractivity contribution in [2.24, 2.45) is 0 Å². The van der Waals surface area contributed by atoms with Crippen molar-refractivity contribution in [1.82, 2.24) is 0 Å². The molecular weight excluding hydrogens is 468 g/mol. The number of aliphatic hydroxyl groups excluding tert-OH is 1. The molecule has 0 bridgehead atoms. The minimum atomic E-state index is -2.62. The first-order valence-corrected chi connectivity index (χ1v) is 14.9. The summed E-state index contributed by atoms with van der Waals surface area (Å²) in [6, 6.07) is 21.2. The summed E-state index contributed by atoms with van der Waals surface area (Å²) >= 11 is 0. The molecule has 196 valence electrons. The zero-order valence-corrected chi connectivity index (χ0v) is 23.2. The van der Waals surface area contributed by atoms with Crippen LogP contribution in [0.1, 0.15) is 59.8 Å². The van der Waals surface area contributed by atoms with Crippen molar-refractivity contribution in [3.8, 4) is 0 Å². The second kappa shape index (κ2) is 12.8. The number of ether oxygens (including phenoxy) is 2. The van der Waals surface area contributed by atoms with E-state index in [0.29, 0.717) is 38.7 Å². The van der Waals surface area contributed by atoms with Gasteiger partial charge < -0.3 is 19.0 Å². The summed E-state index contributed by atoms with van der Waals surface area (Å²) in [5, 5.41) is 12.7. The number of carbonyl (C=O) groups is 1. The van der Waals surface area contributed by atoms with Crippen molar-refractivity contribution in [3.05, 3.63) is 73.3 Å². The van der Waals surface area contributed by atoms with Gasteiger partial charge in [-0.3, -0.25) is 4.79 Å². The summed E-state index contributed by atoms with van der Waals surface area (Å²) in [7, 11) is -2.62. The monoisotopic (exact) mass is 510 g/mol. The van der Waals surface area contributed by atoms with Crippen molar-refractivity contribution in [2.45, 2.75) is 89.3 Å². The molecule has 2 aromatic rings. The van der Waals surface area contributed by atoms with Crippen molar-refractivity contribution in [2.75, 3.05) is 6.61 Å². The van der Waals surface area contributed by atoms with E-state index in [2.05, 4.69) is 75.9 Å². The van der Waals surface area contributed by atoms with E-state index in [0.717, 1.165) is 0 Å². The van der Waals surface area contributed by atoms with E-state index in [1.807, 2.05) is 12.1 Å². The normalized spacial score (nSPS) is 21.5. The van der Waals surface area contributed by atoms with E-state index < -0.39 is 14.4 Å². The van der Waals surface area contributed by atoms with Crippen LogP contribution in [0.5, 0.6) is 0 Å². The molecule has 1 heterocycles. The second-order valence-corrected chi connectivity index (χ2v) is 15.1. The number of carbonyl (C=O) groups excluding carboxylic acids is 1. The van der Waals surface area contributed by atoms with Gasteiger partial charge in [0.1, 0.15) is 6.10 Å². The Labute approximate surface area is 217 Å². The first-order valence-electron chi connectivity index (χ1n) is 13.0. The van der Waals surface area contributed by atoms with Gasteiger partial charge in [-0.25, -0.2) is 0 Å². The maximum atomic E-state index is 11.7. The molecule has 1 aliphatic heterocycles. The fourth-order valence-corrected chi connectivity index (χ4v) is 10.0. The van der Waals surface area contributed by atoms with Gasteiger partial charge >= 0.3 is 5.97 Å². The quantitative estimate of drug-likeness (QED) is 0.268. The van der Waals surface area contributed by atoms with E-state index in [4.69, 9.17) is 13.9 Å². The molecule has 0 aliphatic carbocycles. The highest BCUT2D eigenvalue weighted by molar-refractivity contribution is 6.99. The van der Waals surface area contributed by atoms with Crippen LogP contribution in [0.2, 0.25) is 5.04 Å². The summed E-state index contributed by atoms with van der Waals surface area (Å²) in [4.78, 5) is 11.7. The van der Waals surface area contributed by atoms with E-state index in [9.17, 15) is 9.90 Å². The third-order valence-corrected chi connectivity index (χ3v) is 12.0. The molecule has 0 aromatic heterocycles. The lowest BCUT2D eigenvalue weighted by atomic mass is 9.95. The summed E-state index contributed by atoms with van der Waals surface area (Å²) in [6.07, 6.45) is 3.64. The van der Waals surface area contributed by atoms with Gasteiger partial charge in [0, 0.05) is 26.4 Å². The molecule has 1 N–H and O–H groups in total. The number of aliphatic hydroxyl groups is 1.